The van der Waals surface area contributed by atoms with E-state index in [0.29, 0.717) is 11.3 Å². The maximum absolute atomic E-state index is 12.9. The third-order valence-electron chi connectivity index (χ3n) is 5.96. The van der Waals surface area contributed by atoms with Crippen LogP contribution < -0.4 is 5.32 Å². The van der Waals surface area contributed by atoms with Crippen LogP contribution in [0.4, 0.5) is 5.69 Å². The summed E-state index contributed by atoms with van der Waals surface area (Å²) in [5, 5.41) is 2.60. The first-order chi connectivity index (χ1) is 15.8. The number of ether oxygens (including phenoxy) is 1. The third kappa shape index (κ3) is 4.69. The lowest BCUT2D eigenvalue weighted by atomic mass is 9.94. The quantitative estimate of drug-likeness (QED) is 0.411. The topological polar surface area (TPSA) is 110 Å². The van der Waals surface area contributed by atoms with E-state index in [1.54, 1.807) is 12.1 Å². The molecule has 8 nitrogen and oxygen atoms in total. The van der Waals surface area contributed by atoms with Crippen molar-refractivity contribution in [3.63, 3.8) is 0 Å². The normalized spacial score (nSPS) is 15.8. The van der Waals surface area contributed by atoms with Crippen LogP contribution in [0.2, 0.25) is 0 Å². The standard InChI is InChI=1S/C25H24N2O6/c1-15(28)26-18-10-7-16(8-11-18)22(29)14-33-25(32)17-9-12-20-21(13-17)24(31)27(23(20)30)19-5-3-2-4-6-19/h7-13,19H,2-6,14H2,1H3,(H,26,28). The van der Waals surface area contributed by atoms with E-state index >= 15 is 0 Å². The number of nitrogens with zero attached hydrogens (tertiary/aromatic N) is 1. The minimum Gasteiger partial charge on any atom is -0.454 e. The van der Waals surface area contributed by atoms with Crippen molar-refractivity contribution in [3.8, 4) is 0 Å². The number of nitrogens with one attached hydrogen (secondary N) is 1. The number of imide groups is 1. The Morgan fingerprint density at radius 2 is 1.55 bits per heavy atom. The van der Waals surface area contributed by atoms with Crippen LogP contribution in [-0.4, -0.2) is 47.0 Å². The van der Waals surface area contributed by atoms with Gasteiger partial charge in [0.1, 0.15) is 0 Å². The summed E-state index contributed by atoms with van der Waals surface area (Å²) < 4.78 is 5.14. The predicted molar refractivity (Wildman–Crippen MR) is 119 cm³/mol. The van der Waals surface area contributed by atoms with Crippen LogP contribution in [0.25, 0.3) is 0 Å². The SMILES string of the molecule is CC(=O)Nc1ccc(C(=O)COC(=O)c2ccc3c(c2)C(=O)N(C2CCCCC2)C3=O)cc1. The lowest BCUT2D eigenvalue weighted by molar-refractivity contribution is -0.114. The van der Waals surface area contributed by atoms with Crippen LogP contribution in [0.5, 0.6) is 0 Å². The molecule has 1 heterocycles. The van der Waals surface area contributed by atoms with Gasteiger partial charge in [-0.1, -0.05) is 19.3 Å². The summed E-state index contributed by atoms with van der Waals surface area (Å²) in [5.74, 6) is -2.09. The van der Waals surface area contributed by atoms with Crippen LogP contribution in [0.3, 0.4) is 0 Å². The molecular formula is C25H24N2O6. The molecule has 1 saturated carbocycles. The zero-order valence-electron chi connectivity index (χ0n) is 18.3. The molecule has 33 heavy (non-hydrogen) atoms. The number of hydrogen-bond acceptors (Lipinski definition) is 6. The lowest BCUT2D eigenvalue weighted by Crippen LogP contribution is -2.40. The molecule has 3 amide bonds. The van der Waals surface area contributed by atoms with Gasteiger partial charge < -0.3 is 10.1 Å². The molecule has 0 radical (unpaired) electrons. The first-order valence-electron chi connectivity index (χ1n) is 10.9. The molecule has 1 aliphatic heterocycles. The Balaban J connectivity index is 1.40. The highest BCUT2D eigenvalue weighted by Crippen LogP contribution is 2.31. The molecule has 1 fully saturated rings. The number of benzene rings is 2. The van der Waals surface area contributed by atoms with Crippen molar-refractivity contribution in [2.24, 2.45) is 0 Å². The van der Waals surface area contributed by atoms with Gasteiger partial charge in [0.25, 0.3) is 11.8 Å². The smallest absolute Gasteiger partial charge is 0.338 e. The molecule has 170 valence electrons. The summed E-state index contributed by atoms with van der Waals surface area (Å²) in [6.45, 7) is 0.908. The van der Waals surface area contributed by atoms with Gasteiger partial charge in [-0.2, -0.15) is 0 Å². The first kappa shape index (κ1) is 22.4. The van der Waals surface area contributed by atoms with Gasteiger partial charge in [-0.15, -0.1) is 0 Å². The highest BCUT2D eigenvalue weighted by atomic mass is 16.5. The maximum atomic E-state index is 12.9. The second kappa shape index (κ2) is 9.36. The molecule has 0 atom stereocenters. The van der Waals surface area contributed by atoms with Gasteiger partial charge in [-0.25, -0.2) is 4.79 Å². The van der Waals surface area contributed by atoms with Crippen LogP contribution in [0.15, 0.2) is 42.5 Å². The van der Waals surface area contributed by atoms with E-state index in [0.717, 1.165) is 32.1 Å². The molecular weight excluding hydrogens is 424 g/mol. The van der Waals surface area contributed by atoms with E-state index in [4.69, 9.17) is 4.74 Å². The number of esters is 1. The Morgan fingerprint density at radius 1 is 0.909 bits per heavy atom. The zero-order valence-corrected chi connectivity index (χ0v) is 18.3. The Hall–Kier alpha value is -3.81. The first-order valence-corrected chi connectivity index (χ1v) is 10.9. The van der Waals surface area contributed by atoms with Crippen molar-refractivity contribution in [1.82, 2.24) is 4.90 Å². The monoisotopic (exact) mass is 448 g/mol. The summed E-state index contributed by atoms with van der Waals surface area (Å²) in [5.41, 5.74) is 1.47. The van der Waals surface area contributed by atoms with Crippen molar-refractivity contribution >= 4 is 35.2 Å². The number of carbonyl (C=O) groups excluding carboxylic acids is 5. The predicted octanol–water partition coefficient (Wildman–Crippen LogP) is 3.61. The molecule has 2 aliphatic rings. The average molecular weight is 448 g/mol. The van der Waals surface area contributed by atoms with Crippen LogP contribution in [0.1, 0.15) is 80.5 Å². The van der Waals surface area contributed by atoms with Crippen molar-refractivity contribution in [1.29, 1.82) is 0 Å². The molecule has 0 saturated heterocycles. The summed E-state index contributed by atoms with van der Waals surface area (Å²) in [6, 6.07) is 10.4. The van der Waals surface area contributed by atoms with E-state index in [2.05, 4.69) is 5.32 Å². The van der Waals surface area contributed by atoms with Crippen molar-refractivity contribution < 1.29 is 28.7 Å². The van der Waals surface area contributed by atoms with Gasteiger partial charge in [-0.3, -0.25) is 24.1 Å². The number of fused-ring (bicyclic) bond motifs is 1. The fraction of sp³-hybridized carbons (Fsp3) is 0.320. The maximum Gasteiger partial charge on any atom is 0.338 e. The molecule has 0 unspecified atom stereocenters. The average Bonchev–Trinajstić information content (AvgIpc) is 3.07. The van der Waals surface area contributed by atoms with Gasteiger partial charge in [0.05, 0.1) is 16.7 Å². The number of carbonyl (C=O) groups is 5. The number of rotatable bonds is 6. The van der Waals surface area contributed by atoms with Gasteiger partial charge >= 0.3 is 5.97 Å². The van der Waals surface area contributed by atoms with E-state index in [1.807, 2.05) is 0 Å². The van der Waals surface area contributed by atoms with Crippen molar-refractivity contribution in [2.75, 3.05) is 11.9 Å². The van der Waals surface area contributed by atoms with E-state index in [9.17, 15) is 24.0 Å². The number of hydrogen-bond donors (Lipinski definition) is 1. The van der Waals surface area contributed by atoms with Crippen molar-refractivity contribution in [3.05, 3.63) is 64.7 Å². The van der Waals surface area contributed by atoms with Gasteiger partial charge in [0.15, 0.2) is 12.4 Å². The number of anilines is 1. The van der Waals surface area contributed by atoms with E-state index < -0.39 is 18.4 Å². The van der Waals surface area contributed by atoms with Crippen LogP contribution in [-0.2, 0) is 9.53 Å². The summed E-state index contributed by atoms with van der Waals surface area (Å²) in [7, 11) is 0. The molecule has 8 heteroatoms. The lowest BCUT2D eigenvalue weighted by Gasteiger charge is -2.29. The molecule has 2 aromatic rings. The second-order valence-corrected chi connectivity index (χ2v) is 8.29. The Kier molecular flexibility index (Phi) is 6.35. The summed E-state index contributed by atoms with van der Waals surface area (Å²) in [4.78, 5) is 62.9. The summed E-state index contributed by atoms with van der Waals surface area (Å²) in [6.07, 6.45) is 4.68. The Bertz CT molecular complexity index is 1130. The largest absolute Gasteiger partial charge is 0.454 e. The molecule has 0 aromatic heterocycles. The third-order valence-corrected chi connectivity index (χ3v) is 5.96. The molecule has 1 N–H and O–H groups in total. The van der Waals surface area contributed by atoms with E-state index in [1.165, 1.54) is 42.2 Å². The van der Waals surface area contributed by atoms with Crippen molar-refractivity contribution in [2.45, 2.75) is 45.1 Å². The highest BCUT2D eigenvalue weighted by molar-refractivity contribution is 6.22. The molecule has 4 rings (SSSR count). The van der Waals surface area contributed by atoms with E-state index in [-0.39, 0.29) is 40.5 Å². The fourth-order valence-electron chi connectivity index (χ4n) is 4.30. The van der Waals surface area contributed by atoms with Gasteiger partial charge in [0, 0.05) is 24.2 Å². The molecule has 2 aromatic carbocycles. The highest BCUT2D eigenvalue weighted by Gasteiger charge is 2.40. The number of amides is 3. The zero-order chi connectivity index (χ0) is 23.5. The van der Waals surface area contributed by atoms with Crippen LogP contribution in [0, 0.1) is 0 Å². The Labute approximate surface area is 190 Å². The fourth-order valence-corrected chi connectivity index (χ4v) is 4.30. The molecule has 1 aliphatic carbocycles. The minimum absolute atomic E-state index is 0.101. The second-order valence-electron chi connectivity index (χ2n) is 8.29. The minimum atomic E-state index is -0.752. The molecule has 0 spiro atoms. The summed E-state index contributed by atoms with van der Waals surface area (Å²) >= 11 is 0. The van der Waals surface area contributed by atoms with Crippen LogP contribution >= 0.6 is 0 Å². The number of Topliss-reactive ketones (excluding diaryl/α,β-unsaturated/α-hetero) is 1. The van der Waals surface area contributed by atoms with Gasteiger partial charge in [-0.05, 0) is 55.3 Å². The Morgan fingerprint density at radius 3 is 2.21 bits per heavy atom. The molecule has 0 bridgehead atoms. The van der Waals surface area contributed by atoms with Gasteiger partial charge in [0.2, 0.25) is 5.91 Å². The number of ketones is 1.